The summed E-state index contributed by atoms with van der Waals surface area (Å²) in [6, 6.07) is 4.68. The minimum atomic E-state index is -0.233. The number of carbonyl (C=O) groups excluding carboxylic acids is 1. The Kier molecular flexibility index (Phi) is 2.48. The second kappa shape index (κ2) is 3.81. The van der Waals surface area contributed by atoms with Crippen LogP contribution in [0.25, 0.3) is 0 Å². The molecule has 1 aliphatic rings. The molecule has 1 aliphatic carbocycles. The molecule has 1 atom stereocenters. The molecule has 4 heteroatoms. The second-order valence-electron chi connectivity index (χ2n) is 3.77. The summed E-state index contributed by atoms with van der Waals surface area (Å²) < 4.78 is 0. The maximum absolute atomic E-state index is 11.7. The molecule has 4 nitrogen and oxygen atoms in total. The van der Waals surface area contributed by atoms with Gasteiger partial charge in [0.2, 0.25) is 0 Å². The average Bonchev–Trinajstić information content (AvgIpc) is 2.56. The topological polar surface area (TPSA) is 87.2 Å². The van der Waals surface area contributed by atoms with Crippen LogP contribution >= 0.6 is 0 Å². The Morgan fingerprint density at radius 3 is 3.00 bits per heavy atom. The van der Waals surface area contributed by atoms with Crippen LogP contribution in [0.3, 0.4) is 0 Å². The second-order valence-corrected chi connectivity index (χ2v) is 3.77. The maximum Gasteiger partial charge on any atom is 0.164 e. The fraction of sp³-hybridized carbons (Fsp3) is 0.167. The van der Waals surface area contributed by atoms with Crippen molar-refractivity contribution in [2.24, 2.45) is 5.73 Å². The van der Waals surface area contributed by atoms with E-state index in [1.165, 1.54) is 24.4 Å². The van der Waals surface area contributed by atoms with Gasteiger partial charge in [0.15, 0.2) is 5.78 Å². The summed E-state index contributed by atoms with van der Waals surface area (Å²) in [5, 5.41) is 17.1. The number of carbonyl (C=O) groups is 1. The lowest BCUT2D eigenvalue weighted by molar-refractivity contribution is 0.0992. The minimum absolute atomic E-state index is 0.0360. The van der Waals surface area contributed by atoms with Crippen molar-refractivity contribution >= 4 is 11.5 Å². The van der Waals surface area contributed by atoms with E-state index >= 15 is 0 Å². The predicted octanol–water partition coefficient (Wildman–Crippen LogP) is 1.55. The average molecular weight is 216 g/mol. The summed E-state index contributed by atoms with van der Waals surface area (Å²) in [6.45, 7) is 0. The third kappa shape index (κ3) is 1.58. The van der Waals surface area contributed by atoms with Crippen molar-refractivity contribution in [2.75, 3.05) is 0 Å². The molecule has 0 saturated carbocycles. The zero-order valence-corrected chi connectivity index (χ0v) is 8.60. The number of phenols is 1. The van der Waals surface area contributed by atoms with Crippen LogP contribution in [0.15, 0.2) is 30.5 Å². The molecular weight excluding hydrogens is 204 g/mol. The molecule has 0 aliphatic heterocycles. The molecule has 0 bridgehead atoms. The summed E-state index contributed by atoms with van der Waals surface area (Å²) in [5.41, 5.74) is 6.86. The summed E-state index contributed by atoms with van der Waals surface area (Å²) in [4.78, 5) is 11.7. The van der Waals surface area contributed by atoms with E-state index in [2.05, 4.69) is 0 Å². The molecule has 1 unspecified atom stereocenters. The first kappa shape index (κ1) is 10.4. The molecule has 82 valence electrons. The third-order valence-electron chi connectivity index (χ3n) is 2.75. The van der Waals surface area contributed by atoms with Crippen LogP contribution < -0.4 is 5.73 Å². The minimum Gasteiger partial charge on any atom is -0.508 e. The highest BCUT2D eigenvalue weighted by atomic mass is 16.3. The van der Waals surface area contributed by atoms with Gasteiger partial charge in [-0.3, -0.25) is 4.79 Å². The molecule has 0 radical (unpaired) electrons. The van der Waals surface area contributed by atoms with Gasteiger partial charge < -0.3 is 16.2 Å². The first-order valence-corrected chi connectivity index (χ1v) is 4.96. The number of nitrogens with one attached hydrogen (secondary N) is 1. The Labute approximate surface area is 92.9 Å². The van der Waals surface area contributed by atoms with Crippen LogP contribution in [0, 0.1) is 5.41 Å². The molecule has 0 spiro atoms. The summed E-state index contributed by atoms with van der Waals surface area (Å²) in [5.74, 6) is -0.192. The van der Waals surface area contributed by atoms with Gasteiger partial charge in [-0.25, -0.2) is 0 Å². The van der Waals surface area contributed by atoms with E-state index < -0.39 is 0 Å². The van der Waals surface area contributed by atoms with E-state index in [4.69, 9.17) is 11.1 Å². The predicted molar refractivity (Wildman–Crippen MR) is 60.8 cm³/mol. The largest absolute Gasteiger partial charge is 0.508 e. The number of benzene rings is 1. The van der Waals surface area contributed by atoms with Gasteiger partial charge in [-0.2, -0.15) is 0 Å². The molecule has 0 heterocycles. The fourth-order valence-electron chi connectivity index (χ4n) is 1.99. The van der Waals surface area contributed by atoms with E-state index in [-0.39, 0.29) is 23.9 Å². The van der Waals surface area contributed by atoms with E-state index in [1.807, 2.05) is 0 Å². The van der Waals surface area contributed by atoms with Gasteiger partial charge in [0.1, 0.15) is 5.75 Å². The Bertz CT molecular complexity index is 492. The lowest BCUT2D eigenvalue weighted by Crippen LogP contribution is -2.06. The van der Waals surface area contributed by atoms with Crippen molar-refractivity contribution in [3.63, 3.8) is 0 Å². The van der Waals surface area contributed by atoms with Crippen molar-refractivity contribution in [1.29, 1.82) is 5.41 Å². The van der Waals surface area contributed by atoms with Crippen LogP contribution in [0.1, 0.15) is 28.3 Å². The standard InChI is InChI=1S/C12H12N2O2/c13-4-3-11(14)9-6-12(16)10-5-7(15)1-2-8(9)10/h1-5,9,14-15H,6,13H2/b4-3-,14-11?. The zero-order valence-electron chi connectivity index (χ0n) is 8.60. The third-order valence-corrected chi connectivity index (χ3v) is 2.75. The smallest absolute Gasteiger partial charge is 0.164 e. The van der Waals surface area contributed by atoms with Crippen molar-refractivity contribution in [1.82, 2.24) is 0 Å². The van der Waals surface area contributed by atoms with Gasteiger partial charge in [-0.05, 0) is 30.0 Å². The van der Waals surface area contributed by atoms with Crippen LogP contribution in [-0.2, 0) is 0 Å². The monoisotopic (exact) mass is 216 g/mol. The fourth-order valence-corrected chi connectivity index (χ4v) is 1.99. The lowest BCUT2D eigenvalue weighted by Gasteiger charge is -2.08. The number of aromatic hydroxyl groups is 1. The van der Waals surface area contributed by atoms with Gasteiger partial charge >= 0.3 is 0 Å². The zero-order chi connectivity index (χ0) is 11.7. The van der Waals surface area contributed by atoms with Gasteiger partial charge in [0.05, 0.1) is 0 Å². The first-order valence-electron chi connectivity index (χ1n) is 4.96. The van der Waals surface area contributed by atoms with Crippen LogP contribution in [0.5, 0.6) is 5.75 Å². The molecule has 0 saturated heterocycles. The molecule has 1 aromatic rings. The number of ketones is 1. The molecule has 1 aromatic carbocycles. The molecule has 0 fully saturated rings. The summed E-state index contributed by atoms with van der Waals surface area (Å²) in [6.07, 6.45) is 3.06. The van der Waals surface area contributed by atoms with Crippen molar-refractivity contribution < 1.29 is 9.90 Å². The van der Waals surface area contributed by atoms with Gasteiger partial charge in [-0.1, -0.05) is 6.07 Å². The quantitative estimate of drug-likeness (QED) is 0.655. The van der Waals surface area contributed by atoms with E-state index in [1.54, 1.807) is 6.07 Å². The van der Waals surface area contributed by atoms with Gasteiger partial charge in [0, 0.05) is 23.6 Å². The number of nitrogens with two attached hydrogens (primary N) is 1. The lowest BCUT2D eigenvalue weighted by atomic mass is 9.96. The number of phenolic OH excluding ortho intramolecular Hbond substituents is 1. The number of rotatable bonds is 2. The Morgan fingerprint density at radius 1 is 1.56 bits per heavy atom. The van der Waals surface area contributed by atoms with Crippen LogP contribution in [-0.4, -0.2) is 16.6 Å². The van der Waals surface area contributed by atoms with E-state index in [0.717, 1.165) is 5.56 Å². The van der Waals surface area contributed by atoms with Gasteiger partial charge in [-0.15, -0.1) is 0 Å². The normalized spacial score (nSPS) is 19.0. The van der Waals surface area contributed by atoms with Crippen molar-refractivity contribution in [3.05, 3.63) is 41.6 Å². The molecule has 4 N–H and O–H groups in total. The van der Waals surface area contributed by atoms with Crippen molar-refractivity contribution in [2.45, 2.75) is 12.3 Å². The number of hydrogen-bond acceptors (Lipinski definition) is 4. The highest BCUT2D eigenvalue weighted by Crippen LogP contribution is 2.35. The van der Waals surface area contributed by atoms with E-state index in [0.29, 0.717) is 11.3 Å². The summed E-state index contributed by atoms with van der Waals surface area (Å²) in [7, 11) is 0. The highest BCUT2D eigenvalue weighted by molar-refractivity contribution is 6.10. The first-order chi connectivity index (χ1) is 7.63. The SMILES string of the molecule is N=C(/C=C\N)C1CC(=O)c2cc(O)ccc21. The van der Waals surface area contributed by atoms with E-state index in [9.17, 15) is 9.90 Å². The Morgan fingerprint density at radius 2 is 2.31 bits per heavy atom. The number of fused-ring (bicyclic) bond motifs is 1. The Balaban J connectivity index is 2.44. The highest BCUT2D eigenvalue weighted by Gasteiger charge is 2.31. The molecule has 0 aromatic heterocycles. The number of hydrogen-bond donors (Lipinski definition) is 3. The van der Waals surface area contributed by atoms with Crippen molar-refractivity contribution in [3.8, 4) is 5.75 Å². The molecular formula is C12H12N2O2. The summed E-state index contributed by atoms with van der Waals surface area (Å²) >= 11 is 0. The molecule has 2 rings (SSSR count). The Hall–Kier alpha value is -2.10. The molecule has 0 amide bonds. The number of allylic oxidation sites excluding steroid dienone is 1. The molecule has 16 heavy (non-hydrogen) atoms. The number of Topliss-reactive ketones (excluding diaryl/α,β-unsaturated/α-hetero) is 1. The van der Waals surface area contributed by atoms with Gasteiger partial charge in [0.25, 0.3) is 0 Å². The van der Waals surface area contributed by atoms with Crippen LogP contribution in [0.4, 0.5) is 0 Å². The van der Waals surface area contributed by atoms with Crippen LogP contribution in [0.2, 0.25) is 0 Å². The maximum atomic E-state index is 11.7.